The maximum absolute atomic E-state index is 9.82. The van der Waals surface area contributed by atoms with Gasteiger partial charge in [-0.2, -0.15) is 0 Å². The molecule has 0 amide bonds. The molecular weight excluding hydrogens is 200 g/mol. The van der Waals surface area contributed by atoms with E-state index in [1.54, 1.807) is 0 Å². The summed E-state index contributed by atoms with van der Waals surface area (Å²) in [5.74, 6) is 0. The maximum Gasteiger partial charge on any atom is 0.0670 e. The van der Waals surface area contributed by atoms with E-state index in [1.807, 2.05) is 6.08 Å². The van der Waals surface area contributed by atoms with E-state index < -0.39 is 0 Å². The van der Waals surface area contributed by atoms with E-state index in [1.165, 1.54) is 25.9 Å². The van der Waals surface area contributed by atoms with Crippen molar-refractivity contribution >= 4 is 0 Å². The van der Waals surface area contributed by atoms with Crippen molar-refractivity contribution in [2.45, 2.75) is 37.8 Å². The highest BCUT2D eigenvalue weighted by atomic mass is 16.3. The van der Waals surface area contributed by atoms with Crippen molar-refractivity contribution in [2.75, 3.05) is 32.7 Å². The molecule has 1 aliphatic carbocycles. The first kappa shape index (κ1) is 12.1. The van der Waals surface area contributed by atoms with Gasteiger partial charge in [0.2, 0.25) is 0 Å². The summed E-state index contributed by atoms with van der Waals surface area (Å²) in [7, 11) is 0. The Morgan fingerprint density at radius 3 is 2.50 bits per heavy atom. The zero-order valence-electron chi connectivity index (χ0n) is 10.1. The number of piperazine rings is 1. The summed E-state index contributed by atoms with van der Waals surface area (Å²) < 4.78 is 0. The van der Waals surface area contributed by atoms with Gasteiger partial charge in [0.05, 0.1) is 6.10 Å². The molecule has 16 heavy (non-hydrogen) atoms. The van der Waals surface area contributed by atoms with E-state index in [0.29, 0.717) is 0 Å². The Morgan fingerprint density at radius 1 is 1.25 bits per heavy atom. The number of allylic oxidation sites excluding steroid dienone is 1. The van der Waals surface area contributed by atoms with Crippen LogP contribution in [0.4, 0.5) is 0 Å². The molecule has 1 aliphatic heterocycles. The third kappa shape index (κ3) is 3.58. The predicted molar refractivity (Wildman–Crippen MR) is 66.5 cm³/mol. The Balaban J connectivity index is 1.62. The average Bonchev–Trinajstić information content (AvgIpc) is 3.11. The first-order chi connectivity index (χ1) is 7.79. The summed E-state index contributed by atoms with van der Waals surface area (Å²) in [4.78, 5) is 5.00. The lowest BCUT2D eigenvalue weighted by Crippen LogP contribution is -2.49. The highest BCUT2D eigenvalue weighted by Crippen LogP contribution is 2.27. The summed E-state index contributed by atoms with van der Waals surface area (Å²) in [5, 5.41) is 9.82. The smallest absolute Gasteiger partial charge is 0.0670 e. The van der Waals surface area contributed by atoms with E-state index in [4.69, 9.17) is 0 Å². The largest absolute Gasteiger partial charge is 0.392 e. The van der Waals surface area contributed by atoms with E-state index in [2.05, 4.69) is 16.4 Å². The third-order valence-corrected chi connectivity index (χ3v) is 3.64. The van der Waals surface area contributed by atoms with Gasteiger partial charge in [-0.1, -0.05) is 6.08 Å². The molecule has 1 heterocycles. The highest BCUT2D eigenvalue weighted by Gasteiger charge is 2.31. The number of β-amino-alcohol motifs (C(OH)–C–C–N with tert-alkyl or cyclic N) is 1. The second-order valence-electron chi connectivity index (χ2n) is 5.09. The van der Waals surface area contributed by atoms with Gasteiger partial charge in [0.1, 0.15) is 0 Å². The van der Waals surface area contributed by atoms with Crippen LogP contribution in [-0.4, -0.2) is 59.8 Å². The van der Waals surface area contributed by atoms with Gasteiger partial charge in [-0.25, -0.2) is 0 Å². The van der Waals surface area contributed by atoms with Crippen molar-refractivity contribution in [3.8, 4) is 0 Å². The average molecular weight is 224 g/mol. The van der Waals surface area contributed by atoms with E-state index in [-0.39, 0.29) is 6.10 Å². The van der Waals surface area contributed by atoms with Crippen LogP contribution in [0.3, 0.4) is 0 Å². The minimum atomic E-state index is -0.175. The lowest BCUT2D eigenvalue weighted by atomic mass is 10.1. The number of hydrogen-bond donors (Lipinski definition) is 1. The van der Waals surface area contributed by atoms with Gasteiger partial charge >= 0.3 is 0 Å². The quantitative estimate of drug-likeness (QED) is 0.684. The summed E-state index contributed by atoms with van der Waals surface area (Å²) >= 11 is 0. The molecule has 2 aliphatic rings. The van der Waals surface area contributed by atoms with Gasteiger partial charge < -0.3 is 5.11 Å². The molecule has 1 unspecified atom stereocenters. The van der Waals surface area contributed by atoms with Gasteiger partial charge in [-0.15, -0.1) is 6.58 Å². The number of rotatable bonds is 6. The predicted octanol–water partition coefficient (Wildman–Crippen LogP) is 1.09. The van der Waals surface area contributed by atoms with Crippen LogP contribution in [0.2, 0.25) is 0 Å². The third-order valence-electron chi connectivity index (χ3n) is 3.64. The minimum Gasteiger partial charge on any atom is -0.392 e. The normalized spacial score (nSPS) is 25.6. The molecule has 0 bridgehead atoms. The van der Waals surface area contributed by atoms with Crippen molar-refractivity contribution in [3.63, 3.8) is 0 Å². The second-order valence-corrected chi connectivity index (χ2v) is 5.09. The zero-order valence-corrected chi connectivity index (χ0v) is 10.1. The summed E-state index contributed by atoms with van der Waals surface area (Å²) in [5.41, 5.74) is 0. The van der Waals surface area contributed by atoms with Gasteiger partial charge in [-0.3, -0.25) is 9.80 Å². The van der Waals surface area contributed by atoms with Crippen LogP contribution < -0.4 is 0 Å². The molecule has 3 heteroatoms. The maximum atomic E-state index is 9.82. The van der Waals surface area contributed by atoms with Crippen molar-refractivity contribution in [1.82, 2.24) is 9.80 Å². The minimum absolute atomic E-state index is 0.175. The molecule has 0 spiro atoms. The standard InChI is InChI=1S/C13H24N2O/c1-2-3-4-13(16)11-14-7-9-15(10-8-14)12-5-6-12/h2,12-13,16H,1,3-11H2. The van der Waals surface area contributed by atoms with Crippen molar-refractivity contribution < 1.29 is 5.11 Å². The van der Waals surface area contributed by atoms with Gasteiger partial charge in [0.15, 0.2) is 0 Å². The fourth-order valence-electron chi connectivity index (χ4n) is 2.45. The first-order valence-corrected chi connectivity index (χ1v) is 6.55. The molecule has 0 aromatic heterocycles. The monoisotopic (exact) mass is 224 g/mol. The molecule has 1 atom stereocenters. The molecule has 2 fully saturated rings. The summed E-state index contributed by atoms with van der Waals surface area (Å²) in [6.07, 6.45) is 6.29. The molecule has 1 saturated carbocycles. The first-order valence-electron chi connectivity index (χ1n) is 6.55. The fraction of sp³-hybridized carbons (Fsp3) is 0.846. The van der Waals surface area contributed by atoms with Crippen LogP contribution in [0, 0.1) is 0 Å². The zero-order chi connectivity index (χ0) is 11.4. The lowest BCUT2D eigenvalue weighted by Gasteiger charge is -2.35. The van der Waals surface area contributed by atoms with E-state index in [9.17, 15) is 5.11 Å². The topological polar surface area (TPSA) is 26.7 Å². The van der Waals surface area contributed by atoms with Crippen LogP contribution in [-0.2, 0) is 0 Å². The Hall–Kier alpha value is -0.380. The summed E-state index contributed by atoms with van der Waals surface area (Å²) in [6, 6.07) is 0.896. The van der Waals surface area contributed by atoms with Gasteiger partial charge in [-0.05, 0) is 25.7 Å². The van der Waals surface area contributed by atoms with Crippen molar-refractivity contribution in [1.29, 1.82) is 0 Å². The summed E-state index contributed by atoms with van der Waals surface area (Å²) in [6.45, 7) is 9.16. The van der Waals surface area contributed by atoms with Crippen molar-refractivity contribution in [3.05, 3.63) is 12.7 Å². The number of nitrogens with zero attached hydrogens (tertiary/aromatic N) is 2. The molecule has 0 aromatic rings. The lowest BCUT2D eigenvalue weighted by molar-refractivity contribution is 0.0668. The number of aliphatic hydroxyl groups is 1. The van der Waals surface area contributed by atoms with Crippen molar-refractivity contribution in [2.24, 2.45) is 0 Å². The molecule has 2 rings (SSSR count). The molecule has 0 aromatic carbocycles. The molecule has 1 saturated heterocycles. The van der Waals surface area contributed by atoms with E-state index in [0.717, 1.165) is 38.5 Å². The van der Waals surface area contributed by atoms with Crippen LogP contribution in [0.1, 0.15) is 25.7 Å². The number of hydrogen-bond acceptors (Lipinski definition) is 3. The van der Waals surface area contributed by atoms with Crippen LogP contribution in [0.5, 0.6) is 0 Å². The SMILES string of the molecule is C=CCCC(O)CN1CCN(C2CC2)CC1. The van der Waals surface area contributed by atoms with Gasteiger partial charge in [0, 0.05) is 38.8 Å². The molecule has 92 valence electrons. The molecule has 3 nitrogen and oxygen atoms in total. The Bertz CT molecular complexity index is 220. The highest BCUT2D eigenvalue weighted by molar-refractivity contribution is 4.87. The van der Waals surface area contributed by atoms with E-state index >= 15 is 0 Å². The molecular formula is C13H24N2O. The Kier molecular flexibility index (Phi) is 4.38. The Morgan fingerprint density at radius 2 is 1.94 bits per heavy atom. The molecule has 0 radical (unpaired) electrons. The fourth-order valence-corrected chi connectivity index (χ4v) is 2.45. The molecule has 1 N–H and O–H groups in total. The van der Waals surface area contributed by atoms with Crippen LogP contribution >= 0.6 is 0 Å². The number of aliphatic hydroxyl groups excluding tert-OH is 1. The van der Waals surface area contributed by atoms with Crippen LogP contribution in [0.15, 0.2) is 12.7 Å². The second kappa shape index (κ2) is 5.80. The van der Waals surface area contributed by atoms with Crippen LogP contribution in [0.25, 0.3) is 0 Å². The van der Waals surface area contributed by atoms with Gasteiger partial charge in [0.25, 0.3) is 0 Å². The Labute approximate surface area is 98.7 Å².